The maximum atomic E-state index is 10.2. The van der Waals surface area contributed by atoms with Gasteiger partial charge in [0.05, 0.1) is 0 Å². The summed E-state index contributed by atoms with van der Waals surface area (Å²) in [5, 5.41) is 10.2. The van der Waals surface area contributed by atoms with Gasteiger partial charge in [-0.3, -0.25) is 0 Å². The molecular formula is C9H17O3. The van der Waals surface area contributed by atoms with E-state index in [9.17, 15) is 9.90 Å². The Bertz CT molecular complexity index is 165. The number of carbonyl (C=O) groups is 1. The average molecular weight is 173 g/mol. The lowest BCUT2D eigenvalue weighted by molar-refractivity contribution is -0.0303. The van der Waals surface area contributed by atoms with Gasteiger partial charge >= 0.3 is 6.16 Å². The van der Waals surface area contributed by atoms with Crippen LogP contribution in [-0.2, 0) is 9.84 Å². The number of ether oxygens (including phenoxy) is 1. The number of carbonyl (C=O) groups excluding carboxylic acids is 1. The molecule has 0 saturated carbocycles. The Hall–Kier alpha value is -0.730. The molecule has 0 saturated heterocycles. The van der Waals surface area contributed by atoms with Crippen LogP contribution >= 0.6 is 0 Å². The van der Waals surface area contributed by atoms with Crippen LogP contribution in [0.15, 0.2) is 0 Å². The van der Waals surface area contributed by atoms with Crippen molar-refractivity contribution in [3.8, 4) is 0 Å². The largest absolute Gasteiger partial charge is 0.550 e. The lowest BCUT2D eigenvalue weighted by Crippen LogP contribution is -2.31. The van der Waals surface area contributed by atoms with Crippen LogP contribution in [0.1, 0.15) is 41.0 Å². The average Bonchev–Trinajstić information content (AvgIpc) is 1.48. The predicted molar refractivity (Wildman–Crippen MR) is 45.3 cm³/mol. The van der Waals surface area contributed by atoms with Gasteiger partial charge in [-0.05, 0) is 25.7 Å². The van der Waals surface area contributed by atoms with Gasteiger partial charge in [-0.25, -0.2) is 0 Å². The van der Waals surface area contributed by atoms with E-state index in [-0.39, 0.29) is 5.41 Å². The molecule has 71 valence electrons. The maximum absolute atomic E-state index is 10.2. The van der Waals surface area contributed by atoms with Crippen molar-refractivity contribution in [2.24, 2.45) is 5.41 Å². The summed E-state index contributed by atoms with van der Waals surface area (Å²) in [7, 11) is 0. The Kier molecular flexibility index (Phi) is 3.13. The molecule has 0 N–H and O–H groups in total. The van der Waals surface area contributed by atoms with Crippen LogP contribution in [0.4, 0.5) is 4.79 Å². The summed E-state index contributed by atoms with van der Waals surface area (Å²) in [4.78, 5) is 10.2. The summed E-state index contributed by atoms with van der Waals surface area (Å²) in [5.74, 6) is 0. The zero-order valence-corrected chi connectivity index (χ0v) is 8.43. The molecule has 0 aromatic rings. The lowest BCUT2D eigenvalue weighted by atomic mass is 9.84. The van der Waals surface area contributed by atoms with Crippen LogP contribution in [-0.4, -0.2) is 11.8 Å². The van der Waals surface area contributed by atoms with E-state index in [1.165, 1.54) is 0 Å². The smallest absolute Gasteiger partial charge is 0.426 e. The first-order valence-electron chi connectivity index (χ1n) is 4.02. The van der Waals surface area contributed by atoms with Crippen molar-refractivity contribution in [1.82, 2.24) is 0 Å². The molecule has 0 aliphatic rings. The second-order valence-electron chi connectivity index (χ2n) is 4.85. The highest BCUT2D eigenvalue weighted by Crippen LogP contribution is 2.29. The first-order chi connectivity index (χ1) is 5.12. The highest BCUT2D eigenvalue weighted by molar-refractivity contribution is 5.56. The van der Waals surface area contributed by atoms with Crippen molar-refractivity contribution in [3.05, 3.63) is 0 Å². The summed E-state index contributed by atoms with van der Waals surface area (Å²) < 4.78 is 4.62. The van der Waals surface area contributed by atoms with E-state index in [0.717, 1.165) is 0 Å². The van der Waals surface area contributed by atoms with Gasteiger partial charge in [0.15, 0.2) is 0 Å². The predicted octanol–water partition coefficient (Wildman–Crippen LogP) is 2.77. The molecule has 0 spiro atoms. The minimum absolute atomic E-state index is 0.0545. The first kappa shape index (κ1) is 11.3. The van der Waals surface area contributed by atoms with Crippen molar-refractivity contribution in [1.29, 1.82) is 0 Å². The molecule has 0 aliphatic carbocycles. The third kappa shape index (κ3) is 6.01. The molecule has 0 aromatic heterocycles. The first-order valence-corrected chi connectivity index (χ1v) is 4.02. The van der Waals surface area contributed by atoms with E-state index in [2.05, 4.69) is 4.74 Å². The quantitative estimate of drug-likeness (QED) is 0.603. The van der Waals surface area contributed by atoms with E-state index in [4.69, 9.17) is 0 Å². The molecule has 12 heavy (non-hydrogen) atoms. The summed E-state index contributed by atoms with van der Waals surface area (Å²) in [6.45, 7) is 9.59. The lowest BCUT2D eigenvalue weighted by Gasteiger charge is -2.30. The number of rotatable bonds is 2. The molecule has 0 atom stereocenters. The van der Waals surface area contributed by atoms with Crippen LogP contribution in [0.2, 0.25) is 0 Å². The molecule has 0 bridgehead atoms. The van der Waals surface area contributed by atoms with Gasteiger partial charge in [0.2, 0.25) is 0 Å². The van der Waals surface area contributed by atoms with Crippen molar-refractivity contribution in [2.45, 2.75) is 46.6 Å². The van der Waals surface area contributed by atoms with Crippen molar-refractivity contribution >= 4 is 6.16 Å². The highest BCUT2D eigenvalue weighted by Gasteiger charge is 2.29. The highest BCUT2D eigenvalue weighted by atomic mass is 16.7. The van der Waals surface area contributed by atoms with Crippen molar-refractivity contribution in [2.75, 3.05) is 0 Å². The zero-order valence-electron chi connectivity index (χ0n) is 8.43. The normalized spacial score (nSPS) is 12.8. The van der Waals surface area contributed by atoms with Gasteiger partial charge < -0.3 is 4.74 Å². The standard InChI is InChI=1S/C9H17O3/c1-8(2,3)6-9(4,5)12-7(10)11/h6H2,1-5H3. The van der Waals surface area contributed by atoms with Crippen molar-refractivity contribution in [3.63, 3.8) is 0 Å². The SMILES string of the molecule is CC(C)(C)CC(C)(C)OC([O])=O. The van der Waals surface area contributed by atoms with Crippen molar-refractivity contribution < 1.29 is 14.6 Å². The van der Waals surface area contributed by atoms with E-state index < -0.39 is 11.8 Å². The number of hydrogen-bond donors (Lipinski definition) is 0. The summed E-state index contributed by atoms with van der Waals surface area (Å²) >= 11 is 0. The number of hydrogen-bond acceptors (Lipinski definition) is 2. The van der Waals surface area contributed by atoms with Gasteiger partial charge in [-0.15, -0.1) is 0 Å². The van der Waals surface area contributed by atoms with Crippen LogP contribution in [0, 0.1) is 5.41 Å². The summed E-state index contributed by atoms with van der Waals surface area (Å²) in [6.07, 6.45) is -0.780. The molecule has 0 fully saturated rings. The Labute approximate surface area is 73.7 Å². The summed E-state index contributed by atoms with van der Waals surface area (Å²) in [5.41, 5.74) is -0.601. The monoisotopic (exact) mass is 173 g/mol. The second kappa shape index (κ2) is 3.33. The van der Waals surface area contributed by atoms with Gasteiger partial charge in [-0.1, -0.05) is 20.8 Å². The fraction of sp³-hybridized carbons (Fsp3) is 0.889. The topological polar surface area (TPSA) is 46.2 Å². The van der Waals surface area contributed by atoms with Crippen LogP contribution in [0.25, 0.3) is 0 Å². The minimum atomic E-state index is -1.45. The van der Waals surface area contributed by atoms with Crippen LogP contribution in [0.3, 0.4) is 0 Å². The van der Waals surface area contributed by atoms with E-state index in [0.29, 0.717) is 6.42 Å². The van der Waals surface area contributed by atoms with Gasteiger partial charge in [0.1, 0.15) is 5.60 Å². The molecule has 0 amide bonds. The van der Waals surface area contributed by atoms with E-state index in [1.807, 2.05) is 20.8 Å². The molecule has 3 heteroatoms. The molecule has 0 aromatic carbocycles. The molecule has 0 rings (SSSR count). The van der Waals surface area contributed by atoms with Gasteiger partial charge in [0, 0.05) is 0 Å². The summed E-state index contributed by atoms with van der Waals surface area (Å²) in [6, 6.07) is 0. The Morgan fingerprint density at radius 3 is 1.83 bits per heavy atom. The molecule has 1 radical (unpaired) electrons. The van der Waals surface area contributed by atoms with Crippen LogP contribution < -0.4 is 0 Å². The van der Waals surface area contributed by atoms with Gasteiger partial charge in [0.25, 0.3) is 0 Å². The maximum Gasteiger partial charge on any atom is 0.550 e. The molecule has 3 nitrogen and oxygen atoms in total. The van der Waals surface area contributed by atoms with Crippen LogP contribution in [0.5, 0.6) is 0 Å². The third-order valence-electron chi connectivity index (χ3n) is 1.32. The Morgan fingerprint density at radius 1 is 1.17 bits per heavy atom. The molecule has 0 heterocycles. The molecular weight excluding hydrogens is 156 g/mol. The fourth-order valence-corrected chi connectivity index (χ4v) is 1.54. The minimum Gasteiger partial charge on any atom is -0.426 e. The Balaban J connectivity index is 4.13. The van der Waals surface area contributed by atoms with Gasteiger partial charge in [-0.2, -0.15) is 9.90 Å². The second-order valence-corrected chi connectivity index (χ2v) is 4.85. The molecule has 0 unspecified atom stereocenters. The molecule has 0 aliphatic heterocycles. The fourth-order valence-electron chi connectivity index (χ4n) is 1.54. The Morgan fingerprint density at radius 2 is 1.58 bits per heavy atom. The van der Waals surface area contributed by atoms with E-state index >= 15 is 0 Å². The third-order valence-corrected chi connectivity index (χ3v) is 1.32. The van der Waals surface area contributed by atoms with E-state index in [1.54, 1.807) is 13.8 Å². The zero-order chi connectivity index (χ0) is 9.99.